The minimum atomic E-state index is -4.53. The largest absolute Gasteiger partial charge is 0.490 e. The molecule has 0 bridgehead atoms. The molecule has 3 rings (SSSR count). The number of halogens is 5. The monoisotopic (exact) mass is 495 g/mol. The molecule has 0 radical (unpaired) electrons. The van der Waals surface area contributed by atoms with Crippen molar-refractivity contribution in [3.8, 4) is 5.75 Å². The van der Waals surface area contributed by atoms with Crippen LogP contribution in [0.15, 0.2) is 30.5 Å². The number of carbonyl (C=O) groups excluding carboxylic acids is 1. The minimum absolute atomic E-state index is 0.0507. The molecule has 1 aromatic heterocycles. The van der Waals surface area contributed by atoms with Gasteiger partial charge < -0.3 is 9.64 Å². The summed E-state index contributed by atoms with van der Waals surface area (Å²) in [4.78, 5) is 17.2. The van der Waals surface area contributed by atoms with Gasteiger partial charge in [0, 0.05) is 12.6 Å². The molecule has 0 unspecified atom stereocenters. The fourth-order valence-electron chi connectivity index (χ4n) is 3.30. The summed E-state index contributed by atoms with van der Waals surface area (Å²) in [6, 6.07) is 3.84. The number of aromatic nitrogens is 1. The second-order valence-electron chi connectivity index (χ2n) is 7.17. The van der Waals surface area contributed by atoms with Crippen LogP contribution in [0.3, 0.4) is 0 Å². The Morgan fingerprint density at radius 2 is 2.06 bits per heavy atom. The van der Waals surface area contributed by atoms with E-state index in [9.17, 15) is 30.8 Å². The Bertz CT molecular complexity index is 1110. The average Bonchev–Trinajstić information content (AvgIpc) is 3.15. The molecule has 1 aliphatic rings. The van der Waals surface area contributed by atoms with E-state index in [-0.39, 0.29) is 23.4 Å². The van der Waals surface area contributed by atoms with Gasteiger partial charge in [-0.25, -0.2) is 22.5 Å². The molecule has 32 heavy (non-hydrogen) atoms. The molecule has 174 valence electrons. The number of anilines is 1. The van der Waals surface area contributed by atoms with E-state index in [2.05, 4.69) is 4.98 Å². The predicted octanol–water partition coefficient (Wildman–Crippen LogP) is 3.63. The Morgan fingerprint density at radius 1 is 1.34 bits per heavy atom. The van der Waals surface area contributed by atoms with E-state index in [0.717, 1.165) is 37.1 Å². The van der Waals surface area contributed by atoms with Crippen LogP contribution in [0.5, 0.6) is 5.75 Å². The molecular weight excluding hydrogens is 478 g/mol. The average molecular weight is 496 g/mol. The molecule has 0 aliphatic carbocycles. The molecule has 2 heterocycles. The van der Waals surface area contributed by atoms with Gasteiger partial charge in [0.25, 0.3) is 5.91 Å². The summed E-state index contributed by atoms with van der Waals surface area (Å²) in [5.41, 5.74) is -1.06. The number of hydrogen-bond donors (Lipinski definition) is 1. The number of alkyl halides is 3. The SMILES string of the molecule is CS(=O)(=O)NC(=O)c1cc(Cl)c(OC[C@H]2CCCN2c2ccc(C(F)(F)F)nc2)cc1F. The summed E-state index contributed by atoms with van der Waals surface area (Å²) in [5, 5.41) is -0.106. The summed E-state index contributed by atoms with van der Waals surface area (Å²) >= 11 is 6.06. The van der Waals surface area contributed by atoms with Crippen molar-refractivity contribution < 1.29 is 35.5 Å². The van der Waals surface area contributed by atoms with Gasteiger partial charge in [-0.2, -0.15) is 13.2 Å². The number of hydrogen-bond acceptors (Lipinski definition) is 6. The van der Waals surface area contributed by atoms with Crippen LogP contribution in [0.1, 0.15) is 28.9 Å². The van der Waals surface area contributed by atoms with Crippen molar-refractivity contribution in [1.29, 1.82) is 0 Å². The van der Waals surface area contributed by atoms with Crippen molar-refractivity contribution in [1.82, 2.24) is 9.71 Å². The maximum atomic E-state index is 14.3. The first-order chi connectivity index (χ1) is 14.8. The van der Waals surface area contributed by atoms with Crippen molar-refractivity contribution in [2.45, 2.75) is 25.1 Å². The van der Waals surface area contributed by atoms with Crippen LogP contribution in [-0.4, -0.2) is 44.8 Å². The standard InChI is InChI=1S/C19H18ClF4N3O4S/c1-32(29,30)26-18(28)13-7-14(20)16(8-15(13)21)31-10-12-3-2-6-27(12)11-4-5-17(25-9-11)19(22,23)24/h4-5,7-9,12H,2-3,6,10H2,1H3,(H,26,28)/t12-/m1/s1. The molecule has 7 nitrogen and oxygen atoms in total. The lowest BCUT2D eigenvalue weighted by molar-refractivity contribution is -0.141. The van der Waals surface area contributed by atoms with Crippen LogP contribution >= 0.6 is 11.6 Å². The smallest absolute Gasteiger partial charge is 0.433 e. The lowest BCUT2D eigenvalue weighted by Crippen LogP contribution is -2.34. The fourth-order valence-corrected chi connectivity index (χ4v) is 3.96. The number of ether oxygens (including phenoxy) is 1. The minimum Gasteiger partial charge on any atom is -0.490 e. The summed E-state index contributed by atoms with van der Waals surface area (Å²) in [6.07, 6.45) is -1.20. The van der Waals surface area contributed by atoms with Gasteiger partial charge in [0.2, 0.25) is 10.0 Å². The molecule has 1 atom stereocenters. The van der Waals surface area contributed by atoms with Crippen molar-refractivity contribution in [2.24, 2.45) is 0 Å². The normalized spacial score (nSPS) is 16.8. The van der Waals surface area contributed by atoms with Gasteiger partial charge in [0.1, 0.15) is 23.9 Å². The zero-order valence-electron chi connectivity index (χ0n) is 16.6. The zero-order chi connectivity index (χ0) is 23.7. The van der Waals surface area contributed by atoms with Gasteiger partial charge in [0.15, 0.2) is 0 Å². The lowest BCUT2D eigenvalue weighted by atomic mass is 10.2. The Kier molecular flexibility index (Phi) is 6.84. The third-order valence-electron chi connectivity index (χ3n) is 4.72. The van der Waals surface area contributed by atoms with Gasteiger partial charge in [0.05, 0.1) is 34.8 Å². The molecule has 1 saturated heterocycles. The zero-order valence-corrected chi connectivity index (χ0v) is 18.2. The number of rotatable bonds is 6. The maximum absolute atomic E-state index is 14.3. The Hall–Kier alpha value is -2.60. The van der Waals surface area contributed by atoms with Crippen LogP contribution in [0.2, 0.25) is 5.02 Å². The molecule has 1 aromatic carbocycles. The van der Waals surface area contributed by atoms with Crippen LogP contribution < -0.4 is 14.4 Å². The van der Waals surface area contributed by atoms with E-state index in [4.69, 9.17) is 16.3 Å². The second kappa shape index (κ2) is 9.10. The highest BCUT2D eigenvalue weighted by atomic mass is 35.5. The maximum Gasteiger partial charge on any atom is 0.433 e. The predicted molar refractivity (Wildman–Crippen MR) is 109 cm³/mol. The number of nitrogens with zero attached hydrogens (tertiary/aromatic N) is 2. The van der Waals surface area contributed by atoms with E-state index < -0.39 is 39.2 Å². The van der Waals surface area contributed by atoms with Gasteiger partial charge in [-0.05, 0) is 31.0 Å². The van der Waals surface area contributed by atoms with Crippen LogP contribution in [-0.2, 0) is 16.2 Å². The van der Waals surface area contributed by atoms with E-state index >= 15 is 0 Å². The number of benzene rings is 1. The highest BCUT2D eigenvalue weighted by molar-refractivity contribution is 7.89. The molecule has 0 spiro atoms. The second-order valence-corrected chi connectivity index (χ2v) is 9.32. The number of carbonyl (C=O) groups is 1. The van der Waals surface area contributed by atoms with E-state index in [0.29, 0.717) is 18.7 Å². The first kappa shape index (κ1) is 24.1. The van der Waals surface area contributed by atoms with Crippen LogP contribution in [0, 0.1) is 5.82 Å². The fraction of sp³-hybridized carbons (Fsp3) is 0.368. The lowest BCUT2D eigenvalue weighted by Gasteiger charge is -2.27. The number of pyridine rings is 1. The quantitative estimate of drug-likeness (QED) is 0.616. The molecule has 1 fully saturated rings. The van der Waals surface area contributed by atoms with E-state index in [1.54, 1.807) is 4.72 Å². The first-order valence-electron chi connectivity index (χ1n) is 9.29. The number of amides is 1. The number of nitrogens with one attached hydrogen (secondary N) is 1. The Morgan fingerprint density at radius 3 is 2.66 bits per heavy atom. The molecule has 1 N–H and O–H groups in total. The highest BCUT2D eigenvalue weighted by Crippen LogP contribution is 2.32. The van der Waals surface area contributed by atoms with E-state index in [1.807, 2.05) is 4.90 Å². The summed E-state index contributed by atoms with van der Waals surface area (Å²) in [6.45, 7) is 0.628. The molecular formula is C19H18ClF4N3O4S. The Balaban J connectivity index is 1.70. The summed E-state index contributed by atoms with van der Waals surface area (Å²) in [7, 11) is -3.89. The Labute approximate surface area is 186 Å². The van der Waals surface area contributed by atoms with Gasteiger partial charge in [-0.15, -0.1) is 0 Å². The van der Waals surface area contributed by atoms with Gasteiger partial charge >= 0.3 is 6.18 Å². The van der Waals surface area contributed by atoms with Crippen molar-refractivity contribution in [2.75, 3.05) is 24.3 Å². The van der Waals surface area contributed by atoms with Gasteiger partial charge in [-0.1, -0.05) is 11.6 Å². The molecule has 1 amide bonds. The van der Waals surface area contributed by atoms with Crippen molar-refractivity contribution >= 4 is 33.2 Å². The molecule has 2 aromatic rings. The van der Waals surface area contributed by atoms with Gasteiger partial charge in [-0.3, -0.25) is 4.79 Å². The van der Waals surface area contributed by atoms with Crippen molar-refractivity contribution in [3.63, 3.8) is 0 Å². The third-order valence-corrected chi connectivity index (χ3v) is 5.57. The van der Waals surface area contributed by atoms with Crippen molar-refractivity contribution in [3.05, 3.63) is 52.6 Å². The molecule has 1 aliphatic heterocycles. The topological polar surface area (TPSA) is 88.6 Å². The third kappa shape index (κ3) is 5.80. The van der Waals surface area contributed by atoms with E-state index in [1.165, 1.54) is 6.07 Å². The summed E-state index contributed by atoms with van der Waals surface area (Å²) in [5.74, 6) is -2.26. The number of sulfonamides is 1. The highest BCUT2D eigenvalue weighted by Gasteiger charge is 2.33. The van der Waals surface area contributed by atoms with Crippen LogP contribution in [0.25, 0.3) is 0 Å². The summed E-state index contributed by atoms with van der Waals surface area (Å²) < 4.78 is 82.1. The molecule has 13 heteroatoms. The van der Waals surface area contributed by atoms with Crippen LogP contribution in [0.4, 0.5) is 23.2 Å². The molecule has 0 saturated carbocycles. The first-order valence-corrected chi connectivity index (χ1v) is 11.6.